The van der Waals surface area contributed by atoms with Crippen LogP contribution in [0.25, 0.3) is 21.9 Å². The minimum Gasteiger partial charge on any atom is -0.508 e. The number of carboxylic acid groups (broad SMARTS) is 1. The van der Waals surface area contributed by atoms with Gasteiger partial charge >= 0.3 is 11.6 Å². The van der Waals surface area contributed by atoms with Crippen molar-refractivity contribution in [2.75, 3.05) is 14.2 Å². The zero-order chi connectivity index (χ0) is 25.3. The number of carbonyl (C=O) groups excluding carboxylic acids is 1. The van der Waals surface area contributed by atoms with Crippen LogP contribution in [0.5, 0.6) is 17.2 Å². The lowest BCUT2D eigenvalue weighted by atomic mass is 10.0. The number of hydrogen-bond donors (Lipinski definition) is 4. The fourth-order valence-electron chi connectivity index (χ4n) is 4.08. The van der Waals surface area contributed by atoms with Gasteiger partial charge in [-0.15, -0.1) is 0 Å². The molecule has 0 aliphatic rings. The third-order valence-electron chi connectivity index (χ3n) is 5.94. The topological polar surface area (TPSA) is 151 Å². The van der Waals surface area contributed by atoms with Gasteiger partial charge in [0.1, 0.15) is 17.4 Å². The lowest BCUT2D eigenvalue weighted by molar-refractivity contribution is -0.141. The SMILES string of the molecule is COc1cc2oc(=O)c(CC(=O)NC(Cc3c[nH]c4ccc(O)cc34)C(=O)O)c(C)c2cc1OC. The van der Waals surface area contributed by atoms with Gasteiger partial charge in [-0.3, -0.25) is 4.79 Å². The first-order valence-electron chi connectivity index (χ1n) is 10.7. The quantitative estimate of drug-likeness (QED) is 0.281. The van der Waals surface area contributed by atoms with E-state index in [4.69, 9.17) is 13.9 Å². The summed E-state index contributed by atoms with van der Waals surface area (Å²) in [4.78, 5) is 40.3. The third kappa shape index (κ3) is 4.63. The highest BCUT2D eigenvalue weighted by molar-refractivity contribution is 5.89. The maximum Gasteiger partial charge on any atom is 0.340 e. The van der Waals surface area contributed by atoms with Gasteiger partial charge in [-0.1, -0.05) is 0 Å². The van der Waals surface area contributed by atoms with Gasteiger partial charge in [-0.2, -0.15) is 0 Å². The molecule has 2 aromatic heterocycles. The molecule has 182 valence electrons. The normalized spacial score (nSPS) is 12.0. The van der Waals surface area contributed by atoms with Crippen LogP contribution in [0, 0.1) is 6.92 Å². The van der Waals surface area contributed by atoms with Gasteiger partial charge in [0.05, 0.1) is 26.2 Å². The van der Waals surface area contributed by atoms with Crippen molar-refractivity contribution in [2.24, 2.45) is 0 Å². The van der Waals surface area contributed by atoms with Gasteiger partial charge in [-0.25, -0.2) is 9.59 Å². The van der Waals surface area contributed by atoms with E-state index in [-0.39, 0.29) is 29.7 Å². The Hall–Kier alpha value is -4.47. The fourth-order valence-corrected chi connectivity index (χ4v) is 4.08. The molecule has 1 amide bonds. The maximum atomic E-state index is 12.8. The Morgan fingerprint density at radius 2 is 1.83 bits per heavy atom. The number of phenolic OH excluding ortho intramolecular Hbond substituents is 1. The lowest BCUT2D eigenvalue weighted by Gasteiger charge is -2.15. The van der Waals surface area contributed by atoms with Gasteiger partial charge in [-0.05, 0) is 42.3 Å². The molecule has 0 saturated heterocycles. The van der Waals surface area contributed by atoms with Crippen molar-refractivity contribution < 1.29 is 33.7 Å². The van der Waals surface area contributed by atoms with Gasteiger partial charge in [0.25, 0.3) is 0 Å². The van der Waals surface area contributed by atoms with E-state index < -0.39 is 23.5 Å². The number of aromatic hydroxyl groups is 1. The number of phenols is 1. The number of rotatable bonds is 8. The number of benzene rings is 2. The van der Waals surface area contributed by atoms with E-state index >= 15 is 0 Å². The smallest absolute Gasteiger partial charge is 0.340 e. The summed E-state index contributed by atoms with van der Waals surface area (Å²) < 4.78 is 15.9. The van der Waals surface area contributed by atoms with Crippen molar-refractivity contribution in [3.8, 4) is 17.2 Å². The predicted molar refractivity (Wildman–Crippen MR) is 127 cm³/mol. The Bertz CT molecular complexity index is 1500. The number of amides is 1. The first-order valence-corrected chi connectivity index (χ1v) is 10.7. The second-order valence-electron chi connectivity index (χ2n) is 8.08. The molecule has 4 aromatic rings. The molecule has 35 heavy (non-hydrogen) atoms. The monoisotopic (exact) mass is 480 g/mol. The molecule has 0 fully saturated rings. The van der Waals surface area contributed by atoms with Gasteiger partial charge in [0, 0.05) is 35.0 Å². The van der Waals surface area contributed by atoms with E-state index in [0.29, 0.717) is 33.4 Å². The van der Waals surface area contributed by atoms with E-state index in [9.17, 15) is 24.6 Å². The van der Waals surface area contributed by atoms with Crippen LogP contribution < -0.4 is 20.4 Å². The van der Waals surface area contributed by atoms with Crippen molar-refractivity contribution in [1.29, 1.82) is 0 Å². The Morgan fingerprint density at radius 3 is 2.51 bits per heavy atom. The zero-order valence-electron chi connectivity index (χ0n) is 19.3. The van der Waals surface area contributed by atoms with Crippen LogP contribution in [0.4, 0.5) is 0 Å². The molecule has 10 heteroatoms. The summed E-state index contributed by atoms with van der Waals surface area (Å²) in [5.74, 6) is -1.00. The largest absolute Gasteiger partial charge is 0.508 e. The Morgan fingerprint density at radius 1 is 1.11 bits per heavy atom. The molecule has 4 N–H and O–H groups in total. The highest BCUT2D eigenvalue weighted by atomic mass is 16.5. The summed E-state index contributed by atoms with van der Waals surface area (Å²) in [7, 11) is 2.94. The van der Waals surface area contributed by atoms with Gasteiger partial charge in [0.2, 0.25) is 5.91 Å². The number of hydrogen-bond acceptors (Lipinski definition) is 7. The summed E-state index contributed by atoms with van der Waals surface area (Å²) in [6, 6.07) is 6.65. The minimum absolute atomic E-state index is 0.0210. The first-order chi connectivity index (χ1) is 16.7. The molecule has 0 spiro atoms. The van der Waals surface area contributed by atoms with Crippen molar-refractivity contribution in [3.63, 3.8) is 0 Å². The van der Waals surface area contributed by atoms with Gasteiger partial charge in [0.15, 0.2) is 11.5 Å². The second-order valence-corrected chi connectivity index (χ2v) is 8.08. The lowest BCUT2D eigenvalue weighted by Crippen LogP contribution is -2.43. The average molecular weight is 480 g/mol. The molecule has 1 atom stereocenters. The van der Waals surface area contributed by atoms with Crippen molar-refractivity contribution >= 4 is 33.7 Å². The highest BCUT2D eigenvalue weighted by Gasteiger charge is 2.24. The Kier molecular flexibility index (Phi) is 6.37. The molecule has 4 rings (SSSR count). The van der Waals surface area contributed by atoms with Gasteiger partial charge < -0.3 is 34.4 Å². The molecule has 0 radical (unpaired) electrons. The number of ether oxygens (including phenoxy) is 2. The molecule has 1 unspecified atom stereocenters. The van der Waals surface area contributed by atoms with Crippen LogP contribution in [-0.4, -0.2) is 47.3 Å². The van der Waals surface area contributed by atoms with Crippen LogP contribution in [0.1, 0.15) is 16.7 Å². The molecule has 0 aliphatic carbocycles. The maximum absolute atomic E-state index is 12.8. The second kappa shape index (κ2) is 9.41. The van der Waals surface area contributed by atoms with E-state index in [1.807, 2.05) is 0 Å². The average Bonchev–Trinajstić information content (AvgIpc) is 3.22. The zero-order valence-corrected chi connectivity index (χ0v) is 19.3. The summed E-state index contributed by atoms with van der Waals surface area (Å²) >= 11 is 0. The first kappa shape index (κ1) is 23.7. The van der Waals surface area contributed by atoms with Crippen LogP contribution >= 0.6 is 0 Å². The number of nitrogens with one attached hydrogen (secondary N) is 2. The Labute approximate surface area is 199 Å². The van der Waals surface area contributed by atoms with Crippen molar-refractivity contribution in [2.45, 2.75) is 25.8 Å². The van der Waals surface area contributed by atoms with E-state index in [2.05, 4.69) is 10.3 Å². The number of aromatic nitrogens is 1. The number of carbonyl (C=O) groups is 2. The van der Waals surface area contributed by atoms with E-state index in [1.54, 1.807) is 25.3 Å². The van der Waals surface area contributed by atoms with E-state index in [0.717, 1.165) is 5.52 Å². The van der Waals surface area contributed by atoms with Crippen molar-refractivity contribution in [3.05, 3.63) is 63.6 Å². The fraction of sp³-hybridized carbons (Fsp3) is 0.240. The van der Waals surface area contributed by atoms with Crippen molar-refractivity contribution in [1.82, 2.24) is 10.3 Å². The Balaban J connectivity index is 1.59. The van der Waals surface area contributed by atoms with Crippen LogP contribution in [0.3, 0.4) is 0 Å². The third-order valence-corrected chi connectivity index (χ3v) is 5.94. The number of aryl methyl sites for hydroxylation is 1. The molecular weight excluding hydrogens is 456 g/mol. The van der Waals surface area contributed by atoms with Crippen LogP contribution in [-0.2, 0) is 22.4 Å². The number of H-pyrrole nitrogens is 1. The summed E-state index contributed by atoms with van der Waals surface area (Å²) in [6.45, 7) is 1.68. The summed E-state index contributed by atoms with van der Waals surface area (Å²) in [5, 5.41) is 23.2. The highest BCUT2D eigenvalue weighted by Crippen LogP contribution is 2.33. The molecule has 10 nitrogen and oxygen atoms in total. The number of fused-ring (bicyclic) bond motifs is 2. The molecule has 0 aliphatic heterocycles. The number of aliphatic carboxylic acids is 1. The molecule has 2 aromatic carbocycles. The number of aromatic amines is 1. The molecular formula is C25H24N2O8. The van der Waals surface area contributed by atoms with E-state index in [1.165, 1.54) is 32.4 Å². The molecule has 0 saturated carbocycles. The molecule has 0 bridgehead atoms. The number of carboxylic acids is 1. The summed E-state index contributed by atoms with van der Waals surface area (Å²) in [6.07, 6.45) is 1.25. The molecule has 2 heterocycles. The number of methoxy groups -OCH3 is 2. The summed E-state index contributed by atoms with van der Waals surface area (Å²) in [5.41, 5.74) is 1.56. The van der Waals surface area contributed by atoms with Crippen LogP contribution in [0.2, 0.25) is 0 Å². The standard InChI is InChI=1S/C25H24N2O8/c1-12-15-8-21(33-2)22(34-3)10-20(15)35-25(32)16(12)9-23(29)27-19(24(30)31)6-13-11-26-18-5-4-14(28)7-17(13)18/h4-5,7-8,10-11,19,26,28H,6,9H2,1-3H3,(H,27,29)(H,30,31). The van der Waals surface area contributed by atoms with Crippen LogP contribution in [0.15, 0.2) is 45.7 Å². The predicted octanol–water partition coefficient (Wildman–Crippen LogP) is 2.66. The minimum atomic E-state index is -1.25.